The van der Waals surface area contributed by atoms with Gasteiger partial charge < -0.3 is 16.2 Å². The molecule has 0 aliphatic heterocycles. The van der Waals surface area contributed by atoms with Crippen LogP contribution in [-0.2, 0) is 0 Å². The first kappa shape index (κ1) is 25.3. The molecule has 0 fully saturated rings. The fourth-order valence-corrected chi connectivity index (χ4v) is 3.73. The van der Waals surface area contributed by atoms with E-state index in [-0.39, 0.29) is 22.1 Å². The summed E-state index contributed by atoms with van der Waals surface area (Å²) in [7, 11) is 0. The summed E-state index contributed by atoms with van der Waals surface area (Å²) in [5.74, 6) is -6.23. The summed E-state index contributed by atoms with van der Waals surface area (Å²) >= 11 is 5.99. The standard InChI is InChI=1S/C23H17ClF5N5O2/c24-15-6-5-14(13-7-8-34-16(9-13)32-22(30)33-34)18(25)17(15)21(36)31-10-23(28,29)19(35)11-1-3-12(4-2-11)20(26)27/h1-9,19-20,35H,10H2,(H2,30,33)(H,31,36)/t19-/m1/s1. The summed E-state index contributed by atoms with van der Waals surface area (Å²) in [4.78, 5) is 16.6. The molecule has 188 valence electrons. The number of aliphatic hydroxyl groups is 1. The number of hydrogen-bond donors (Lipinski definition) is 3. The minimum Gasteiger partial charge on any atom is -0.382 e. The van der Waals surface area contributed by atoms with Crippen molar-refractivity contribution in [3.8, 4) is 11.1 Å². The van der Waals surface area contributed by atoms with E-state index in [4.69, 9.17) is 17.3 Å². The predicted molar refractivity (Wildman–Crippen MR) is 121 cm³/mol. The second-order valence-electron chi connectivity index (χ2n) is 7.79. The Bertz CT molecular complexity index is 1430. The lowest BCUT2D eigenvalue weighted by atomic mass is 10.0. The maximum Gasteiger partial charge on any atom is 0.294 e. The van der Waals surface area contributed by atoms with E-state index in [9.17, 15) is 27.5 Å². The number of amides is 1. The third kappa shape index (κ3) is 4.95. The number of aromatic nitrogens is 3. The van der Waals surface area contributed by atoms with Crippen molar-refractivity contribution in [1.82, 2.24) is 19.9 Å². The lowest BCUT2D eigenvalue weighted by molar-refractivity contribution is -0.106. The van der Waals surface area contributed by atoms with Crippen LogP contribution in [0.4, 0.5) is 27.9 Å². The minimum atomic E-state index is -3.92. The molecular weight excluding hydrogens is 509 g/mol. The SMILES string of the molecule is Nc1nc2cc(-c3ccc(Cl)c(C(=O)NCC(F)(F)[C@H](O)c4ccc(C(F)F)cc4)c3F)ccn2n1. The third-order valence-corrected chi connectivity index (χ3v) is 5.69. The van der Waals surface area contributed by atoms with Gasteiger partial charge in [-0.3, -0.25) is 4.79 Å². The number of nitrogens with two attached hydrogens (primary N) is 1. The van der Waals surface area contributed by atoms with E-state index in [2.05, 4.69) is 10.1 Å². The lowest BCUT2D eigenvalue weighted by Crippen LogP contribution is -2.41. The summed E-state index contributed by atoms with van der Waals surface area (Å²) < 4.78 is 71.1. The van der Waals surface area contributed by atoms with Gasteiger partial charge in [0.15, 0.2) is 5.65 Å². The number of aliphatic hydroxyl groups excluding tert-OH is 1. The normalized spacial score (nSPS) is 12.8. The van der Waals surface area contributed by atoms with E-state index in [1.54, 1.807) is 0 Å². The zero-order valence-electron chi connectivity index (χ0n) is 18.1. The van der Waals surface area contributed by atoms with E-state index < -0.39 is 47.8 Å². The number of fused-ring (bicyclic) bond motifs is 1. The van der Waals surface area contributed by atoms with E-state index in [1.165, 1.54) is 35.0 Å². The van der Waals surface area contributed by atoms with Crippen LogP contribution >= 0.6 is 11.6 Å². The summed E-state index contributed by atoms with van der Waals surface area (Å²) in [6.45, 7) is -1.38. The number of rotatable bonds is 7. The van der Waals surface area contributed by atoms with E-state index in [1.807, 2.05) is 5.32 Å². The number of hydrogen-bond acceptors (Lipinski definition) is 5. The van der Waals surface area contributed by atoms with E-state index in [0.29, 0.717) is 11.2 Å². The second kappa shape index (κ2) is 9.70. The van der Waals surface area contributed by atoms with Crippen LogP contribution in [0.1, 0.15) is 34.0 Å². The van der Waals surface area contributed by atoms with Gasteiger partial charge >= 0.3 is 0 Å². The summed E-state index contributed by atoms with van der Waals surface area (Å²) in [5, 5.41) is 15.5. The topological polar surface area (TPSA) is 106 Å². The lowest BCUT2D eigenvalue weighted by Gasteiger charge is -2.23. The molecule has 0 saturated carbocycles. The van der Waals surface area contributed by atoms with Crippen LogP contribution < -0.4 is 11.1 Å². The monoisotopic (exact) mass is 525 g/mol. The number of benzene rings is 2. The average Bonchev–Trinajstić information content (AvgIpc) is 3.21. The molecule has 0 spiro atoms. The highest BCUT2D eigenvalue weighted by Gasteiger charge is 2.40. The first-order valence-corrected chi connectivity index (χ1v) is 10.7. The highest BCUT2D eigenvalue weighted by atomic mass is 35.5. The molecule has 1 amide bonds. The first-order chi connectivity index (χ1) is 17.0. The fourth-order valence-electron chi connectivity index (χ4n) is 3.50. The van der Waals surface area contributed by atoms with Crippen LogP contribution in [0.15, 0.2) is 54.7 Å². The molecule has 4 N–H and O–H groups in total. The number of alkyl halides is 4. The van der Waals surface area contributed by atoms with Gasteiger partial charge in [-0.05, 0) is 35.4 Å². The minimum absolute atomic E-state index is 0.00289. The van der Waals surface area contributed by atoms with Gasteiger partial charge in [0.1, 0.15) is 11.9 Å². The zero-order chi connectivity index (χ0) is 26.2. The Morgan fingerprint density at radius 3 is 2.47 bits per heavy atom. The highest BCUT2D eigenvalue weighted by molar-refractivity contribution is 6.34. The number of carbonyl (C=O) groups is 1. The van der Waals surface area contributed by atoms with Gasteiger partial charge in [0.05, 0.1) is 17.1 Å². The number of nitrogen functional groups attached to an aromatic ring is 1. The van der Waals surface area contributed by atoms with Gasteiger partial charge in [-0.15, -0.1) is 5.10 Å². The molecule has 1 atom stereocenters. The molecule has 0 aliphatic rings. The molecule has 0 bridgehead atoms. The molecule has 0 saturated heterocycles. The van der Waals surface area contributed by atoms with Crippen LogP contribution in [0.2, 0.25) is 5.02 Å². The maximum atomic E-state index is 15.3. The molecule has 13 heteroatoms. The summed E-state index contributed by atoms with van der Waals surface area (Å²) in [6.07, 6.45) is -3.75. The van der Waals surface area contributed by atoms with Crippen LogP contribution in [0.25, 0.3) is 16.8 Å². The zero-order valence-corrected chi connectivity index (χ0v) is 18.9. The molecule has 4 rings (SSSR count). The molecule has 36 heavy (non-hydrogen) atoms. The molecule has 7 nitrogen and oxygen atoms in total. The molecular formula is C23H17ClF5N5O2. The fraction of sp³-hybridized carbons (Fsp3) is 0.174. The third-order valence-electron chi connectivity index (χ3n) is 5.37. The van der Waals surface area contributed by atoms with Crippen molar-refractivity contribution in [1.29, 1.82) is 0 Å². The van der Waals surface area contributed by atoms with Gasteiger partial charge in [0, 0.05) is 17.3 Å². The Kier molecular flexibility index (Phi) is 6.83. The van der Waals surface area contributed by atoms with Crippen LogP contribution in [0, 0.1) is 5.82 Å². The van der Waals surface area contributed by atoms with Crippen molar-refractivity contribution in [3.63, 3.8) is 0 Å². The quantitative estimate of drug-likeness (QED) is 0.300. The Balaban J connectivity index is 1.54. The maximum absolute atomic E-state index is 15.3. The van der Waals surface area contributed by atoms with E-state index in [0.717, 1.165) is 24.3 Å². The van der Waals surface area contributed by atoms with Crippen molar-refractivity contribution in [3.05, 3.63) is 82.3 Å². The largest absolute Gasteiger partial charge is 0.382 e. The smallest absolute Gasteiger partial charge is 0.294 e. The van der Waals surface area contributed by atoms with Gasteiger partial charge in [-0.1, -0.05) is 35.9 Å². The second-order valence-corrected chi connectivity index (χ2v) is 8.19. The molecule has 4 aromatic rings. The van der Waals surface area contributed by atoms with Crippen LogP contribution in [0.5, 0.6) is 0 Å². The summed E-state index contributed by atoms with van der Waals surface area (Å²) in [5.41, 5.74) is 4.67. The van der Waals surface area contributed by atoms with Gasteiger partial charge in [-0.2, -0.15) is 4.98 Å². The number of nitrogens with one attached hydrogen (secondary N) is 1. The van der Waals surface area contributed by atoms with Gasteiger partial charge in [0.2, 0.25) is 5.95 Å². The number of halogens is 6. The van der Waals surface area contributed by atoms with Crippen molar-refractivity contribution in [2.45, 2.75) is 18.5 Å². The average molecular weight is 526 g/mol. The number of anilines is 1. The van der Waals surface area contributed by atoms with Crippen LogP contribution in [-0.4, -0.2) is 38.1 Å². The number of nitrogens with zero attached hydrogens (tertiary/aromatic N) is 3. The van der Waals surface area contributed by atoms with E-state index >= 15 is 4.39 Å². The molecule has 0 aliphatic carbocycles. The number of pyridine rings is 1. The van der Waals surface area contributed by atoms with Crippen LogP contribution in [0.3, 0.4) is 0 Å². The Morgan fingerprint density at radius 2 is 1.81 bits per heavy atom. The van der Waals surface area contributed by atoms with Gasteiger partial charge in [-0.25, -0.2) is 26.5 Å². The summed E-state index contributed by atoms with van der Waals surface area (Å²) in [6, 6.07) is 9.16. The molecule has 2 heterocycles. The Labute approximate surface area is 205 Å². The van der Waals surface area contributed by atoms with Gasteiger partial charge in [0.25, 0.3) is 18.3 Å². The predicted octanol–water partition coefficient (Wildman–Crippen LogP) is 4.81. The van der Waals surface area contributed by atoms with Crippen molar-refractivity contribution in [2.24, 2.45) is 0 Å². The molecule has 0 radical (unpaired) electrons. The highest BCUT2D eigenvalue weighted by Crippen LogP contribution is 2.33. The van der Waals surface area contributed by atoms with Crippen molar-refractivity contribution < 1.29 is 31.9 Å². The molecule has 2 aromatic carbocycles. The first-order valence-electron chi connectivity index (χ1n) is 10.3. The Hall–Kier alpha value is -3.77. The molecule has 0 unspecified atom stereocenters. The number of carbonyl (C=O) groups excluding carboxylic acids is 1. The van der Waals surface area contributed by atoms with Crippen molar-refractivity contribution in [2.75, 3.05) is 12.3 Å². The Morgan fingerprint density at radius 1 is 1.14 bits per heavy atom. The van der Waals surface area contributed by atoms with Crippen molar-refractivity contribution >= 4 is 29.1 Å². The molecule has 2 aromatic heterocycles.